The highest BCUT2D eigenvalue weighted by molar-refractivity contribution is 5.69. The average Bonchev–Trinajstić information content (AvgIpc) is 3.12. The Hall–Kier alpha value is -3.41. The average molecular weight is 331 g/mol. The Morgan fingerprint density at radius 3 is 2.08 bits per heavy atom. The van der Waals surface area contributed by atoms with Crippen molar-refractivity contribution in [3.8, 4) is 0 Å². The van der Waals surface area contributed by atoms with E-state index in [0.29, 0.717) is 30.2 Å². The lowest BCUT2D eigenvalue weighted by molar-refractivity contribution is 0.763. The second-order valence-electron chi connectivity index (χ2n) is 5.82. The molecule has 0 saturated carbocycles. The van der Waals surface area contributed by atoms with Crippen LogP contribution in [0.2, 0.25) is 0 Å². The Morgan fingerprint density at radius 1 is 0.880 bits per heavy atom. The predicted molar refractivity (Wildman–Crippen MR) is 97.3 cm³/mol. The number of aromatic nitrogens is 4. The number of fused-ring (bicyclic) bond motifs is 1. The molecule has 6 heteroatoms. The van der Waals surface area contributed by atoms with Crippen LogP contribution in [-0.4, -0.2) is 19.9 Å². The van der Waals surface area contributed by atoms with Crippen LogP contribution in [0.4, 0.5) is 5.95 Å². The lowest BCUT2D eigenvalue weighted by Crippen LogP contribution is -2.26. The van der Waals surface area contributed by atoms with E-state index in [2.05, 4.69) is 44.2 Å². The topological polar surface area (TPSA) is 77.7 Å². The van der Waals surface area contributed by atoms with E-state index < -0.39 is 0 Å². The van der Waals surface area contributed by atoms with Crippen molar-refractivity contribution in [3.05, 3.63) is 88.5 Å². The van der Waals surface area contributed by atoms with Gasteiger partial charge in [0.05, 0.1) is 6.33 Å². The van der Waals surface area contributed by atoms with Crippen molar-refractivity contribution in [3.63, 3.8) is 0 Å². The van der Waals surface area contributed by atoms with Gasteiger partial charge in [-0.25, -0.2) is 4.98 Å². The fraction of sp³-hybridized carbons (Fsp3) is 0.105. The lowest BCUT2D eigenvalue weighted by atomic mass is 10.2. The maximum atomic E-state index is 12.3. The number of aromatic amines is 2. The minimum Gasteiger partial charge on any atom is -0.339 e. The van der Waals surface area contributed by atoms with Crippen molar-refractivity contribution in [2.24, 2.45) is 0 Å². The number of H-pyrrole nitrogens is 2. The van der Waals surface area contributed by atoms with Gasteiger partial charge in [0.2, 0.25) is 5.95 Å². The third kappa shape index (κ3) is 3.28. The highest BCUT2D eigenvalue weighted by Gasteiger charge is 2.14. The molecule has 0 aliphatic carbocycles. The molecule has 0 atom stereocenters. The minimum absolute atomic E-state index is 0.219. The van der Waals surface area contributed by atoms with Crippen LogP contribution in [0, 0.1) is 0 Å². The summed E-state index contributed by atoms with van der Waals surface area (Å²) in [6, 6.07) is 20.2. The Labute approximate surface area is 144 Å². The molecule has 2 aromatic carbocycles. The number of anilines is 1. The molecular weight excluding hydrogens is 314 g/mol. The second-order valence-corrected chi connectivity index (χ2v) is 5.82. The SMILES string of the molecule is O=c1[nH]c(N(Cc2ccccc2)Cc2ccccc2)nc2nc[nH]c12. The molecule has 0 bridgehead atoms. The number of nitrogens with zero attached hydrogens (tertiary/aromatic N) is 3. The standard InChI is InChI=1S/C19H17N5O/c25-18-16-17(21-13-20-16)22-19(23-18)24(11-14-7-3-1-4-8-14)12-15-9-5-2-6-10-15/h1-10,13H,11-12H2,(H2,20,21,22,23,25). The van der Waals surface area contributed by atoms with Gasteiger partial charge in [0.15, 0.2) is 11.2 Å². The number of hydrogen-bond acceptors (Lipinski definition) is 4. The van der Waals surface area contributed by atoms with Crippen molar-refractivity contribution in [1.29, 1.82) is 0 Å². The van der Waals surface area contributed by atoms with Crippen LogP contribution in [0.3, 0.4) is 0 Å². The number of imidazole rings is 1. The normalized spacial score (nSPS) is 10.9. The summed E-state index contributed by atoms with van der Waals surface area (Å²) in [5, 5.41) is 0. The lowest BCUT2D eigenvalue weighted by Gasteiger charge is -2.23. The molecule has 0 aliphatic heterocycles. The zero-order chi connectivity index (χ0) is 17.1. The van der Waals surface area contributed by atoms with Gasteiger partial charge in [-0.1, -0.05) is 60.7 Å². The van der Waals surface area contributed by atoms with Crippen LogP contribution in [-0.2, 0) is 13.1 Å². The summed E-state index contributed by atoms with van der Waals surface area (Å²) in [7, 11) is 0. The molecule has 25 heavy (non-hydrogen) atoms. The predicted octanol–water partition coefficient (Wildman–Crippen LogP) is 2.85. The van der Waals surface area contributed by atoms with E-state index in [9.17, 15) is 4.79 Å². The molecule has 0 aliphatic rings. The van der Waals surface area contributed by atoms with Gasteiger partial charge in [0.25, 0.3) is 5.56 Å². The summed E-state index contributed by atoms with van der Waals surface area (Å²) < 4.78 is 0. The Bertz CT molecular complexity index is 982. The Balaban J connectivity index is 1.73. The first kappa shape index (κ1) is 15.1. The number of hydrogen-bond donors (Lipinski definition) is 2. The zero-order valence-corrected chi connectivity index (χ0v) is 13.5. The molecule has 0 radical (unpaired) electrons. The third-order valence-corrected chi connectivity index (χ3v) is 4.02. The first-order valence-corrected chi connectivity index (χ1v) is 8.06. The van der Waals surface area contributed by atoms with Gasteiger partial charge in [0.1, 0.15) is 0 Å². The molecule has 6 nitrogen and oxygen atoms in total. The van der Waals surface area contributed by atoms with Crippen LogP contribution in [0.1, 0.15) is 11.1 Å². The molecular formula is C19H17N5O. The molecule has 0 fully saturated rings. The monoisotopic (exact) mass is 331 g/mol. The fourth-order valence-electron chi connectivity index (χ4n) is 2.79. The molecule has 4 rings (SSSR count). The van der Waals surface area contributed by atoms with Crippen LogP contribution in [0.25, 0.3) is 11.2 Å². The van der Waals surface area contributed by atoms with Gasteiger partial charge in [-0.15, -0.1) is 0 Å². The molecule has 4 aromatic rings. The minimum atomic E-state index is -0.219. The molecule has 2 aromatic heterocycles. The van der Waals surface area contributed by atoms with Gasteiger partial charge >= 0.3 is 0 Å². The van der Waals surface area contributed by atoms with E-state index in [1.165, 1.54) is 6.33 Å². The van der Waals surface area contributed by atoms with Crippen LogP contribution in [0.5, 0.6) is 0 Å². The van der Waals surface area contributed by atoms with Crippen LogP contribution in [0.15, 0.2) is 71.8 Å². The smallest absolute Gasteiger partial charge is 0.278 e. The maximum absolute atomic E-state index is 12.3. The van der Waals surface area contributed by atoms with Crippen molar-refractivity contribution in [2.75, 3.05) is 4.90 Å². The van der Waals surface area contributed by atoms with Gasteiger partial charge in [0, 0.05) is 13.1 Å². The largest absolute Gasteiger partial charge is 0.339 e. The molecule has 0 amide bonds. The van der Waals surface area contributed by atoms with E-state index in [0.717, 1.165) is 11.1 Å². The quantitative estimate of drug-likeness (QED) is 0.589. The van der Waals surface area contributed by atoms with Crippen molar-refractivity contribution < 1.29 is 0 Å². The van der Waals surface area contributed by atoms with E-state index in [-0.39, 0.29) is 5.56 Å². The first-order chi connectivity index (χ1) is 12.3. The molecule has 0 saturated heterocycles. The van der Waals surface area contributed by atoms with Gasteiger partial charge in [-0.05, 0) is 11.1 Å². The Kier molecular flexibility index (Phi) is 4.00. The highest BCUT2D eigenvalue weighted by Crippen LogP contribution is 2.16. The van der Waals surface area contributed by atoms with E-state index in [1.54, 1.807) is 0 Å². The second kappa shape index (κ2) is 6.60. The van der Waals surface area contributed by atoms with Gasteiger partial charge in [-0.2, -0.15) is 4.98 Å². The van der Waals surface area contributed by atoms with E-state index in [4.69, 9.17) is 0 Å². The summed E-state index contributed by atoms with van der Waals surface area (Å²) in [5.41, 5.74) is 2.88. The van der Waals surface area contributed by atoms with Crippen molar-refractivity contribution in [2.45, 2.75) is 13.1 Å². The fourth-order valence-corrected chi connectivity index (χ4v) is 2.79. The summed E-state index contributed by atoms with van der Waals surface area (Å²) in [5.74, 6) is 0.511. The van der Waals surface area contributed by atoms with Crippen LogP contribution >= 0.6 is 0 Å². The molecule has 124 valence electrons. The molecule has 2 N–H and O–H groups in total. The highest BCUT2D eigenvalue weighted by atomic mass is 16.1. The summed E-state index contributed by atoms with van der Waals surface area (Å²) >= 11 is 0. The van der Waals surface area contributed by atoms with Crippen molar-refractivity contribution >= 4 is 17.1 Å². The number of nitrogens with one attached hydrogen (secondary N) is 2. The van der Waals surface area contributed by atoms with Gasteiger partial charge < -0.3 is 9.88 Å². The van der Waals surface area contributed by atoms with Crippen molar-refractivity contribution in [1.82, 2.24) is 19.9 Å². The Morgan fingerprint density at radius 2 is 1.48 bits per heavy atom. The number of rotatable bonds is 5. The summed E-state index contributed by atoms with van der Waals surface area (Å²) in [6.45, 7) is 1.27. The first-order valence-electron chi connectivity index (χ1n) is 8.06. The molecule has 2 heterocycles. The van der Waals surface area contributed by atoms with Gasteiger partial charge in [-0.3, -0.25) is 9.78 Å². The number of benzene rings is 2. The van der Waals surface area contributed by atoms with Crippen LogP contribution < -0.4 is 10.5 Å². The zero-order valence-electron chi connectivity index (χ0n) is 13.5. The van der Waals surface area contributed by atoms with E-state index in [1.807, 2.05) is 41.3 Å². The summed E-state index contributed by atoms with van der Waals surface area (Å²) in [6.07, 6.45) is 1.48. The maximum Gasteiger partial charge on any atom is 0.278 e. The summed E-state index contributed by atoms with van der Waals surface area (Å²) in [4.78, 5) is 28.6. The molecule has 0 spiro atoms. The van der Waals surface area contributed by atoms with E-state index >= 15 is 0 Å². The third-order valence-electron chi connectivity index (χ3n) is 4.02. The molecule has 0 unspecified atom stereocenters.